The first kappa shape index (κ1) is 8.88. The molecule has 2 rings (SSSR count). The van der Waals surface area contributed by atoms with Gasteiger partial charge in [0.2, 0.25) is 0 Å². The van der Waals surface area contributed by atoms with Crippen molar-refractivity contribution in [2.75, 3.05) is 0 Å². The summed E-state index contributed by atoms with van der Waals surface area (Å²) in [6.45, 7) is 2.22. The largest absolute Gasteiger partial charge is 0.297 e. The molecule has 0 aromatic carbocycles. The van der Waals surface area contributed by atoms with E-state index in [1.807, 2.05) is 0 Å². The van der Waals surface area contributed by atoms with Gasteiger partial charge >= 0.3 is 0 Å². The molecule has 1 aromatic heterocycles. The van der Waals surface area contributed by atoms with Gasteiger partial charge in [0.15, 0.2) is 6.29 Å². The van der Waals surface area contributed by atoms with Crippen LogP contribution in [0.4, 0.5) is 0 Å². The van der Waals surface area contributed by atoms with E-state index in [-0.39, 0.29) is 0 Å². The van der Waals surface area contributed by atoms with Crippen LogP contribution in [0.25, 0.3) is 0 Å². The fraction of sp³-hybridized carbons (Fsp3) is 0.600. The number of carbonyl (C=O) groups excluding carboxylic acids is 1. The topological polar surface area (TPSA) is 30.0 Å². The predicted molar refractivity (Wildman–Crippen MR) is 53.3 cm³/mol. The lowest BCUT2D eigenvalue weighted by Crippen LogP contribution is -2.13. The summed E-state index contributed by atoms with van der Waals surface area (Å²) < 4.78 is 4.31. The van der Waals surface area contributed by atoms with Gasteiger partial charge in [-0.15, -0.1) is 0 Å². The monoisotopic (exact) mass is 195 g/mol. The lowest BCUT2D eigenvalue weighted by Gasteiger charge is -2.19. The van der Waals surface area contributed by atoms with Crippen molar-refractivity contribution in [2.45, 2.75) is 32.6 Å². The first-order chi connectivity index (χ1) is 6.35. The molecule has 1 aromatic rings. The van der Waals surface area contributed by atoms with Crippen LogP contribution in [0.3, 0.4) is 0 Å². The SMILES string of the molecule is CCC1CCc2nsc(C=O)c2C1. The van der Waals surface area contributed by atoms with Gasteiger partial charge in [0.05, 0.1) is 10.6 Å². The highest BCUT2D eigenvalue weighted by atomic mass is 32.1. The molecule has 0 aliphatic heterocycles. The third kappa shape index (κ3) is 1.53. The minimum absolute atomic E-state index is 0.766. The molecule has 0 N–H and O–H groups in total. The number of aldehydes is 1. The van der Waals surface area contributed by atoms with Gasteiger partial charge in [0.1, 0.15) is 0 Å². The second-order valence-corrected chi connectivity index (χ2v) is 4.41. The molecule has 1 atom stereocenters. The van der Waals surface area contributed by atoms with E-state index < -0.39 is 0 Å². The maximum atomic E-state index is 10.7. The van der Waals surface area contributed by atoms with Gasteiger partial charge in [-0.3, -0.25) is 4.79 Å². The smallest absolute Gasteiger partial charge is 0.161 e. The van der Waals surface area contributed by atoms with Crippen LogP contribution < -0.4 is 0 Å². The van der Waals surface area contributed by atoms with Crippen molar-refractivity contribution in [3.05, 3.63) is 16.1 Å². The number of rotatable bonds is 2. The average Bonchev–Trinajstić information content (AvgIpc) is 2.59. The van der Waals surface area contributed by atoms with Crippen LogP contribution in [-0.2, 0) is 12.8 Å². The van der Waals surface area contributed by atoms with Gasteiger partial charge in [0, 0.05) is 0 Å². The van der Waals surface area contributed by atoms with Crippen LogP contribution in [0.2, 0.25) is 0 Å². The highest BCUT2D eigenvalue weighted by Crippen LogP contribution is 2.30. The zero-order chi connectivity index (χ0) is 9.26. The van der Waals surface area contributed by atoms with E-state index in [4.69, 9.17) is 0 Å². The Kier molecular flexibility index (Phi) is 2.44. The number of carbonyl (C=O) groups is 1. The summed E-state index contributed by atoms with van der Waals surface area (Å²) in [5.41, 5.74) is 2.41. The summed E-state index contributed by atoms with van der Waals surface area (Å²) in [7, 11) is 0. The normalized spacial score (nSPS) is 21.2. The van der Waals surface area contributed by atoms with Crippen molar-refractivity contribution >= 4 is 17.8 Å². The Hall–Kier alpha value is -0.700. The van der Waals surface area contributed by atoms with Crippen molar-refractivity contribution in [3.8, 4) is 0 Å². The van der Waals surface area contributed by atoms with Crippen LogP contribution in [0.1, 0.15) is 40.7 Å². The Morgan fingerprint density at radius 3 is 3.23 bits per heavy atom. The second-order valence-electron chi connectivity index (χ2n) is 3.61. The zero-order valence-corrected chi connectivity index (χ0v) is 8.56. The van der Waals surface area contributed by atoms with E-state index in [1.54, 1.807) is 0 Å². The second kappa shape index (κ2) is 3.58. The molecule has 0 saturated heterocycles. The Bertz CT molecular complexity index is 319. The number of aromatic nitrogens is 1. The molecule has 1 aliphatic carbocycles. The molecule has 0 saturated carbocycles. The Labute approximate surface area is 82.1 Å². The Balaban J connectivity index is 2.30. The molecule has 13 heavy (non-hydrogen) atoms. The van der Waals surface area contributed by atoms with E-state index >= 15 is 0 Å². The summed E-state index contributed by atoms with van der Waals surface area (Å²) in [5, 5.41) is 0. The van der Waals surface area contributed by atoms with Gasteiger partial charge < -0.3 is 0 Å². The highest BCUT2D eigenvalue weighted by Gasteiger charge is 2.22. The summed E-state index contributed by atoms with van der Waals surface area (Å²) in [5.74, 6) is 0.766. The van der Waals surface area contributed by atoms with Gasteiger partial charge in [-0.2, -0.15) is 4.37 Å². The molecule has 2 nitrogen and oxygen atoms in total. The van der Waals surface area contributed by atoms with Crippen molar-refractivity contribution in [2.24, 2.45) is 5.92 Å². The van der Waals surface area contributed by atoms with Crippen LogP contribution in [0.15, 0.2) is 0 Å². The molecular formula is C10H13NOS. The number of aryl methyl sites for hydroxylation is 1. The van der Waals surface area contributed by atoms with E-state index in [1.165, 1.54) is 35.6 Å². The molecule has 0 radical (unpaired) electrons. The fourth-order valence-electron chi connectivity index (χ4n) is 1.94. The fourth-order valence-corrected chi connectivity index (χ4v) is 2.71. The lowest BCUT2D eigenvalue weighted by molar-refractivity contribution is 0.112. The molecule has 0 amide bonds. The predicted octanol–water partition coefficient (Wildman–Crippen LogP) is 2.47. The van der Waals surface area contributed by atoms with Gasteiger partial charge in [0.25, 0.3) is 0 Å². The third-order valence-electron chi connectivity index (χ3n) is 2.87. The van der Waals surface area contributed by atoms with Crippen LogP contribution in [0, 0.1) is 5.92 Å². The van der Waals surface area contributed by atoms with E-state index in [0.717, 1.165) is 29.9 Å². The number of fused-ring (bicyclic) bond motifs is 1. The Morgan fingerprint density at radius 1 is 1.69 bits per heavy atom. The van der Waals surface area contributed by atoms with Gasteiger partial charge in [-0.05, 0) is 42.3 Å². The maximum absolute atomic E-state index is 10.7. The third-order valence-corrected chi connectivity index (χ3v) is 3.72. The van der Waals surface area contributed by atoms with Gasteiger partial charge in [-0.1, -0.05) is 13.3 Å². The average molecular weight is 195 g/mol. The summed E-state index contributed by atoms with van der Waals surface area (Å²) in [4.78, 5) is 11.6. The van der Waals surface area contributed by atoms with Crippen LogP contribution in [-0.4, -0.2) is 10.7 Å². The quantitative estimate of drug-likeness (QED) is 0.678. The summed E-state index contributed by atoms with van der Waals surface area (Å²) >= 11 is 1.36. The molecule has 1 unspecified atom stereocenters. The lowest BCUT2D eigenvalue weighted by atomic mass is 9.85. The zero-order valence-electron chi connectivity index (χ0n) is 7.75. The number of hydrogen-bond donors (Lipinski definition) is 0. The molecule has 0 spiro atoms. The number of nitrogens with zero attached hydrogens (tertiary/aromatic N) is 1. The minimum atomic E-state index is 0.766. The first-order valence-electron chi connectivity index (χ1n) is 4.77. The minimum Gasteiger partial charge on any atom is -0.297 e. The molecule has 70 valence electrons. The Morgan fingerprint density at radius 2 is 2.54 bits per heavy atom. The molecule has 3 heteroatoms. The molecule has 1 heterocycles. The van der Waals surface area contributed by atoms with Crippen molar-refractivity contribution in [1.82, 2.24) is 4.37 Å². The molecule has 0 bridgehead atoms. The van der Waals surface area contributed by atoms with Crippen molar-refractivity contribution in [1.29, 1.82) is 0 Å². The first-order valence-corrected chi connectivity index (χ1v) is 5.55. The highest BCUT2D eigenvalue weighted by molar-refractivity contribution is 7.07. The van der Waals surface area contributed by atoms with E-state index in [0.29, 0.717) is 0 Å². The molecular weight excluding hydrogens is 182 g/mol. The number of hydrogen-bond acceptors (Lipinski definition) is 3. The van der Waals surface area contributed by atoms with Crippen LogP contribution >= 0.6 is 11.5 Å². The maximum Gasteiger partial charge on any atom is 0.161 e. The van der Waals surface area contributed by atoms with Crippen molar-refractivity contribution < 1.29 is 4.79 Å². The molecule has 1 aliphatic rings. The standard InChI is InChI=1S/C10H13NOS/c1-2-7-3-4-9-8(5-7)10(6-12)13-11-9/h6-7H,2-5H2,1H3. The molecule has 0 fully saturated rings. The van der Waals surface area contributed by atoms with Gasteiger partial charge in [-0.25, -0.2) is 0 Å². The van der Waals surface area contributed by atoms with Crippen molar-refractivity contribution in [3.63, 3.8) is 0 Å². The summed E-state index contributed by atoms with van der Waals surface area (Å²) in [6.07, 6.45) is 5.54. The van der Waals surface area contributed by atoms with E-state index in [2.05, 4.69) is 11.3 Å². The van der Waals surface area contributed by atoms with E-state index in [9.17, 15) is 4.79 Å². The summed E-state index contributed by atoms with van der Waals surface area (Å²) in [6, 6.07) is 0. The van der Waals surface area contributed by atoms with Crippen LogP contribution in [0.5, 0.6) is 0 Å².